The molecule has 0 heterocycles. The molecule has 0 saturated heterocycles. The minimum Gasteiger partial charge on any atom is -0.321 e. The third-order valence-electron chi connectivity index (χ3n) is 4.83. The summed E-state index contributed by atoms with van der Waals surface area (Å²) >= 11 is 8.37. The van der Waals surface area contributed by atoms with Gasteiger partial charge in [-0.25, -0.2) is 0 Å². The molecule has 0 unspecified atom stereocenters. The zero-order valence-electron chi connectivity index (χ0n) is 15.8. The van der Waals surface area contributed by atoms with E-state index < -0.39 is 6.04 Å². The lowest BCUT2D eigenvalue weighted by Crippen LogP contribution is -2.31. The van der Waals surface area contributed by atoms with Crippen molar-refractivity contribution in [1.82, 2.24) is 0 Å². The van der Waals surface area contributed by atoms with E-state index in [4.69, 9.17) is 17.3 Å². The third kappa shape index (κ3) is 4.85. The Morgan fingerprint density at radius 2 is 1.54 bits per heavy atom. The number of benzene rings is 3. The van der Waals surface area contributed by atoms with Crippen molar-refractivity contribution in [2.45, 2.75) is 18.4 Å². The predicted molar refractivity (Wildman–Crippen MR) is 121 cm³/mol. The molecule has 0 fully saturated rings. The molecule has 0 aliphatic carbocycles. The lowest BCUT2D eigenvalue weighted by atomic mass is 9.84. The fourth-order valence-corrected chi connectivity index (χ4v) is 4.13. The molecule has 28 heavy (non-hydrogen) atoms. The smallest absolute Gasteiger partial charge is 0.179 e. The van der Waals surface area contributed by atoms with Gasteiger partial charge in [0.2, 0.25) is 0 Å². The van der Waals surface area contributed by atoms with Crippen LogP contribution in [-0.2, 0) is 0 Å². The fourth-order valence-electron chi connectivity index (χ4n) is 3.35. The summed E-state index contributed by atoms with van der Waals surface area (Å²) in [7, 11) is 0. The van der Waals surface area contributed by atoms with Crippen LogP contribution in [0.25, 0.3) is 0 Å². The van der Waals surface area contributed by atoms with Gasteiger partial charge in [0, 0.05) is 16.5 Å². The van der Waals surface area contributed by atoms with Gasteiger partial charge in [-0.2, -0.15) is 11.8 Å². The molecule has 2 N–H and O–H groups in total. The van der Waals surface area contributed by atoms with E-state index >= 15 is 0 Å². The number of hydrogen-bond donors (Lipinski definition) is 1. The first-order valence-corrected chi connectivity index (χ1v) is 11.1. The van der Waals surface area contributed by atoms with Crippen LogP contribution in [0.5, 0.6) is 0 Å². The highest BCUT2D eigenvalue weighted by molar-refractivity contribution is 7.98. The first-order chi connectivity index (χ1) is 13.6. The summed E-state index contributed by atoms with van der Waals surface area (Å²) in [5.74, 6) is 0.811. The normalized spacial score (nSPS) is 12.1. The van der Waals surface area contributed by atoms with Crippen molar-refractivity contribution in [2.75, 3.05) is 12.0 Å². The third-order valence-corrected chi connectivity index (χ3v) is 5.80. The van der Waals surface area contributed by atoms with Crippen LogP contribution in [-0.4, -0.2) is 23.8 Å². The van der Waals surface area contributed by atoms with E-state index in [1.54, 1.807) is 17.8 Å². The Morgan fingerprint density at radius 1 is 0.964 bits per heavy atom. The van der Waals surface area contributed by atoms with Gasteiger partial charge >= 0.3 is 0 Å². The summed E-state index contributed by atoms with van der Waals surface area (Å²) < 4.78 is 0. The minimum atomic E-state index is -0.492. The van der Waals surface area contributed by atoms with E-state index in [0.29, 0.717) is 17.0 Å². The molecule has 144 valence electrons. The second kappa shape index (κ2) is 9.92. The second-order valence-corrected chi connectivity index (χ2v) is 8.14. The second-order valence-electron chi connectivity index (χ2n) is 6.74. The zero-order chi connectivity index (χ0) is 19.9. The molecule has 4 heteroatoms. The highest BCUT2D eigenvalue weighted by Crippen LogP contribution is 2.36. The van der Waals surface area contributed by atoms with Gasteiger partial charge in [0.1, 0.15) is 0 Å². The highest BCUT2D eigenvalue weighted by atomic mass is 35.5. The molecule has 3 aromatic carbocycles. The predicted octanol–water partition coefficient (Wildman–Crippen LogP) is 5.78. The summed E-state index contributed by atoms with van der Waals surface area (Å²) in [5, 5.41) is 0.584. The van der Waals surface area contributed by atoms with E-state index in [0.717, 1.165) is 22.4 Å². The molecule has 0 saturated carbocycles. The number of halogens is 1. The Kier molecular flexibility index (Phi) is 7.32. The van der Waals surface area contributed by atoms with E-state index in [2.05, 4.69) is 24.3 Å². The molecule has 2 nitrogen and oxygen atoms in total. The van der Waals surface area contributed by atoms with Crippen molar-refractivity contribution in [2.24, 2.45) is 5.73 Å². The minimum absolute atomic E-state index is 0.00390. The number of hydrogen-bond acceptors (Lipinski definition) is 3. The molecule has 0 bridgehead atoms. The van der Waals surface area contributed by atoms with Crippen molar-refractivity contribution >= 4 is 29.1 Å². The number of carbonyl (C=O) groups excluding carboxylic acids is 1. The van der Waals surface area contributed by atoms with Gasteiger partial charge in [0.05, 0.1) is 6.04 Å². The first-order valence-electron chi connectivity index (χ1n) is 9.30. The van der Waals surface area contributed by atoms with Crippen molar-refractivity contribution < 1.29 is 4.79 Å². The van der Waals surface area contributed by atoms with Gasteiger partial charge in [-0.05, 0) is 41.2 Å². The Hall–Kier alpha value is -2.07. The average molecular weight is 410 g/mol. The topological polar surface area (TPSA) is 43.1 Å². The Balaban J connectivity index is 1.97. The van der Waals surface area contributed by atoms with E-state index in [9.17, 15) is 4.79 Å². The summed E-state index contributed by atoms with van der Waals surface area (Å²) in [6.07, 6.45) is 2.67. The van der Waals surface area contributed by atoms with Crippen molar-refractivity contribution in [3.8, 4) is 0 Å². The maximum Gasteiger partial charge on any atom is 0.179 e. The van der Waals surface area contributed by atoms with E-state index in [1.165, 1.54) is 0 Å². The van der Waals surface area contributed by atoms with Gasteiger partial charge in [-0.3, -0.25) is 4.79 Å². The molecule has 0 aliphatic rings. The van der Waals surface area contributed by atoms with Crippen LogP contribution in [0.2, 0.25) is 5.02 Å². The van der Waals surface area contributed by atoms with Crippen LogP contribution in [0.4, 0.5) is 0 Å². The largest absolute Gasteiger partial charge is 0.321 e. The van der Waals surface area contributed by atoms with Crippen LogP contribution >= 0.6 is 23.4 Å². The number of thioether (sulfide) groups is 1. The first kappa shape index (κ1) is 20.7. The average Bonchev–Trinajstić information content (AvgIpc) is 2.74. The summed E-state index contributed by atoms with van der Waals surface area (Å²) in [6, 6.07) is 25.6. The number of ketones is 1. The van der Waals surface area contributed by atoms with Gasteiger partial charge in [0.25, 0.3) is 0 Å². The van der Waals surface area contributed by atoms with Crippen LogP contribution in [0.15, 0.2) is 78.9 Å². The molecule has 1 atom stereocenters. The zero-order valence-corrected chi connectivity index (χ0v) is 17.4. The van der Waals surface area contributed by atoms with Gasteiger partial charge < -0.3 is 5.73 Å². The van der Waals surface area contributed by atoms with Crippen molar-refractivity contribution in [1.29, 1.82) is 0 Å². The number of nitrogens with two attached hydrogens (primary N) is 1. The lowest BCUT2D eigenvalue weighted by Gasteiger charge is -2.21. The van der Waals surface area contributed by atoms with Gasteiger partial charge in [0.15, 0.2) is 5.78 Å². The maximum absolute atomic E-state index is 12.6. The van der Waals surface area contributed by atoms with Crippen molar-refractivity contribution in [3.63, 3.8) is 0 Å². The number of carbonyl (C=O) groups is 1. The number of Topliss-reactive ketones (excluding diaryl/α,β-unsaturated/α-hetero) is 1. The van der Waals surface area contributed by atoms with Crippen LogP contribution < -0.4 is 5.73 Å². The monoisotopic (exact) mass is 409 g/mol. The summed E-state index contributed by atoms with van der Waals surface area (Å²) in [4.78, 5) is 12.6. The molecular formula is C24H24ClNOS. The SMILES string of the molecule is CSCC[C@H](N)C(=O)c1ccc(C(c2ccccc2)c2ccccc2)c(Cl)c1. The summed E-state index contributed by atoms with van der Waals surface area (Å²) in [5.41, 5.74) is 9.93. The number of rotatable bonds is 8. The molecule has 0 aromatic heterocycles. The van der Waals surface area contributed by atoms with Gasteiger partial charge in [-0.15, -0.1) is 0 Å². The van der Waals surface area contributed by atoms with E-state index in [1.807, 2.05) is 54.8 Å². The highest BCUT2D eigenvalue weighted by Gasteiger charge is 2.22. The molecule has 0 aliphatic heterocycles. The maximum atomic E-state index is 12.6. The Labute approximate surface area is 176 Å². The van der Waals surface area contributed by atoms with E-state index in [-0.39, 0.29) is 11.7 Å². The Morgan fingerprint density at radius 3 is 2.04 bits per heavy atom. The fraction of sp³-hybridized carbons (Fsp3) is 0.208. The molecule has 0 radical (unpaired) electrons. The van der Waals surface area contributed by atoms with Crippen molar-refractivity contribution in [3.05, 3.63) is 106 Å². The molecule has 3 aromatic rings. The quantitative estimate of drug-likeness (QED) is 0.378. The lowest BCUT2D eigenvalue weighted by molar-refractivity contribution is 0.0960. The van der Waals surface area contributed by atoms with Crippen LogP contribution in [0.1, 0.15) is 39.4 Å². The standard InChI is InChI=1S/C24H24ClNOS/c1-28-15-14-22(26)24(27)19-12-13-20(21(25)16-19)23(17-8-4-2-5-9-17)18-10-6-3-7-11-18/h2-13,16,22-23H,14-15,26H2,1H3/t22-/m0/s1. The van der Waals surface area contributed by atoms with Crippen LogP contribution in [0.3, 0.4) is 0 Å². The molecular weight excluding hydrogens is 386 g/mol. The molecule has 0 amide bonds. The van der Waals surface area contributed by atoms with Crippen LogP contribution in [0, 0.1) is 0 Å². The molecule has 0 spiro atoms. The Bertz CT molecular complexity index is 875. The van der Waals surface area contributed by atoms with Gasteiger partial charge in [-0.1, -0.05) is 84.4 Å². The molecule has 3 rings (SSSR count). The summed E-state index contributed by atoms with van der Waals surface area (Å²) in [6.45, 7) is 0.